The number of ether oxygens (including phenoxy) is 1. The summed E-state index contributed by atoms with van der Waals surface area (Å²) in [5, 5.41) is 9.30. The monoisotopic (exact) mass is 389 g/mol. The Morgan fingerprint density at radius 1 is 1.17 bits per heavy atom. The number of hydrogen-bond acceptors (Lipinski definition) is 8. The number of benzene rings is 1. The third kappa shape index (κ3) is 4.83. The van der Waals surface area contributed by atoms with E-state index in [9.17, 15) is 5.26 Å². The fourth-order valence-electron chi connectivity index (χ4n) is 2.70. The zero-order chi connectivity index (χ0) is 20.8. The van der Waals surface area contributed by atoms with Crippen LogP contribution >= 0.6 is 0 Å². The lowest BCUT2D eigenvalue weighted by Crippen LogP contribution is -2.17. The van der Waals surface area contributed by atoms with Gasteiger partial charge in [0.2, 0.25) is 5.88 Å². The van der Waals surface area contributed by atoms with Gasteiger partial charge in [0, 0.05) is 32.1 Å². The van der Waals surface area contributed by atoms with Crippen molar-refractivity contribution in [2.45, 2.75) is 20.3 Å². The Morgan fingerprint density at radius 3 is 2.59 bits per heavy atom. The number of aryl methyl sites for hydroxylation is 1. The van der Waals surface area contributed by atoms with Crippen molar-refractivity contribution in [1.82, 2.24) is 19.9 Å². The maximum atomic E-state index is 9.30. The summed E-state index contributed by atoms with van der Waals surface area (Å²) in [5.74, 6) is 2.71. The van der Waals surface area contributed by atoms with Gasteiger partial charge in [0.25, 0.3) is 0 Å². The van der Waals surface area contributed by atoms with Gasteiger partial charge in [-0.15, -0.1) is 0 Å². The largest absolute Gasteiger partial charge is 0.438 e. The zero-order valence-electron chi connectivity index (χ0n) is 16.8. The van der Waals surface area contributed by atoms with E-state index >= 15 is 0 Å². The fourth-order valence-corrected chi connectivity index (χ4v) is 2.70. The van der Waals surface area contributed by atoms with Gasteiger partial charge in [-0.3, -0.25) is 0 Å². The van der Waals surface area contributed by atoms with E-state index in [1.807, 2.05) is 25.8 Å². The normalized spacial score (nSPS) is 10.4. The van der Waals surface area contributed by atoms with Crippen molar-refractivity contribution in [3.63, 3.8) is 0 Å². The molecule has 8 nitrogen and oxygen atoms in total. The number of nitrogens with zero attached hydrogens (tertiary/aromatic N) is 6. The van der Waals surface area contributed by atoms with E-state index in [1.54, 1.807) is 36.7 Å². The van der Waals surface area contributed by atoms with Crippen molar-refractivity contribution < 1.29 is 4.74 Å². The number of rotatable bonds is 7. The van der Waals surface area contributed by atoms with Gasteiger partial charge in [-0.25, -0.2) is 15.0 Å². The van der Waals surface area contributed by atoms with Gasteiger partial charge in [0.1, 0.15) is 17.4 Å². The van der Waals surface area contributed by atoms with Gasteiger partial charge < -0.3 is 15.4 Å². The molecule has 0 atom stereocenters. The molecule has 0 saturated heterocycles. The Morgan fingerprint density at radius 2 is 1.93 bits per heavy atom. The number of hydrogen-bond donors (Lipinski definition) is 1. The van der Waals surface area contributed by atoms with Crippen molar-refractivity contribution in [3.05, 3.63) is 53.6 Å². The summed E-state index contributed by atoms with van der Waals surface area (Å²) in [7, 11) is 1.95. The molecule has 0 amide bonds. The van der Waals surface area contributed by atoms with Gasteiger partial charge in [-0.1, -0.05) is 0 Å². The summed E-state index contributed by atoms with van der Waals surface area (Å²) in [6.07, 6.45) is 4.21. The molecular formula is C21H23N7O. The molecule has 0 spiro atoms. The highest BCUT2D eigenvalue weighted by Crippen LogP contribution is 2.32. The molecule has 2 N–H and O–H groups in total. The van der Waals surface area contributed by atoms with Crippen molar-refractivity contribution in [1.29, 1.82) is 5.26 Å². The molecule has 0 aliphatic heterocycles. The number of anilines is 1. The van der Waals surface area contributed by atoms with Crippen LogP contribution in [0, 0.1) is 18.3 Å². The molecule has 148 valence electrons. The molecule has 2 aromatic heterocycles. The average molecular weight is 389 g/mol. The SMILES string of the molecule is CCN(C)c1cc(Oc2cc(C#N)ccc2-c2ncc(CCN)cn2)nc(C)n1. The van der Waals surface area contributed by atoms with Crippen molar-refractivity contribution in [3.8, 4) is 29.1 Å². The van der Waals surface area contributed by atoms with Crippen LogP contribution in [-0.4, -0.2) is 40.1 Å². The molecule has 0 aliphatic rings. The minimum Gasteiger partial charge on any atom is -0.438 e. The summed E-state index contributed by atoms with van der Waals surface area (Å²) >= 11 is 0. The van der Waals surface area contributed by atoms with E-state index in [2.05, 4.69) is 26.0 Å². The van der Waals surface area contributed by atoms with Crippen LogP contribution in [0.4, 0.5) is 5.82 Å². The third-order valence-electron chi connectivity index (χ3n) is 4.37. The van der Waals surface area contributed by atoms with Gasteiger partial charge >= 0.3 is 0 Å². The molecule has 1 aromatic carbocycles. The molecule has 2 heterocycles. The van der Waals surface area contributed by atoms with Crippen molar-refractivity contribution in [2.24, 2.45) is 5.73 Å². The van der Waals surface area contributed by atoms with E-state index in [4.69, 9.17) is 10.5 Å². The van der Waals surface area contributed by atoms with Crippen LogP contribution in [0.1, 0.15) is 23.9 Å². The van der Waals surface area contributed by atoms with Gasteiger partial charge in [0.15, 0.2) is 5.82 Å². The molecule has 0 aliphatic carbocycles. The lowest BCUT2D eigenvalue weighted by Gasteiger charge is -2.17. The Bertz CT molecular complexity index is 1030. The highest BCUT2D eigenvalue weighted by Gasteiger charge is 2.14. The second kappa shape index (κ2) is 9.08. The summed E-state index contributed by atoms with van der Waals surface area (Å²) in [5.41, 5.74) is 7.69. The first kappa shape index (κ1) is 20.2. The van der Waals surface area contributed by atoms with E-state index in [-0.39, 0.29) is 0 Å². The van der Waals surface area contributed by atoms with Crippen LogP contribution in [-0.2, 0) is 6.42 Å². The second-order valence-corrected chi connectivity index (χ2v) is 6.50. The van der Waals surface area contributed by atoms with Crippen molar-refractivity contribution >= 4 is 5.82 Å². The molecule has 0 unspecified atom stereocenters. The molecule has 0 bridgehead atoms. The molecule has 3 aromatic rings. The molecule has 0 radical (unpaired) electrons. The maximum absolute atomic E-state index is 9.30. The van der Waals surface area contributed by atoms with Crippen LogP contribution in [0.5, 0.6) is 11.6 Å². The number of aromatic nitrogens is 4. The Balaban J connectivity index is 2.00. The first-order valence-electron chi connectivity index (χ1n) is 9.34. The van der Waals surface area contributed by atoms with Crippen LogP contribution in [0.3, 0.4) is 0 Å². The molecule has 0 fully saturated rings. The highest BCUT2D eigenvalue weighted by molar-refractivity contribution is 5.66. The van der Waals surface area contributed by atoms with E-state index in [1.165, 1.54) is 0 Å². The second-order valence-electron chi connectivity index (χ2n) is 6.50. The van der Waals surface area contributed by atoms with Crippen molar-refractivity contribution in [2.75, 3.05) is 25.0 Å². The van der Waals surface area contributed by atoms with Crippen LogP contribution in [0.2, 0.25) is 0 Å². The van der Waals surface area contributed by atoms with Gasteiger partial charge in [-0.05, 0) is 50.6 Å². The molecule has 29 heavy (non-hydrogen) atoms. The first-order chi connectivity index (χ1) is 14.0. The molecule has 0 saturated carbocycles. The average Bonchev–Trinajstić information content (AvgIpc) is 2.73. The van der Waals surface area contributed by atoms with E-state index in [0.717, 1.165) is 17.9 Å². The lowest BCUT2D eigenvalue weighted by molar-refractivity contribution is 0.461. The predicted molar refractivity (Wildman–Crippen MR) is 111 cm³/mol. The van der Waals surface area contributed by atoms with Gasteiger partial charge in [0.05, 0.1) is 17.2 Å². The third-order valence-corrected chi connectivity index (χ3v) is 4.37. The fraction of sp³-hybridized carbons (Fsp3) is 0.286. The van der Waals surface area contributed by atoms with E-state index in [0.29, 0.717) is 47.4 Å². The summed E-state index contributed by atoms with van der Waals surface area (Å²) in [6, 6.07) is 9.05. The minimum absolute atomic E-state index is 0.392. The first-order valence-corrected chi connectivity index (χ1v) is 9.34. The molecule has 8 heteroatoms. The summed E-state index contributed by atoms with van der Waals surface area (Å²) < 4.78 is 6.07. The standard InChI is InChI=1S/C21H23N7O/c1-4-28(3)19-10-20(27-14(2)26-19)29-18-9-15(11-23)5-6-17(18)21-24-12-16(7-8-22)13-25-21/h5-6,9-10,12-13H,4,7-8,22H2,1-3H3. The van der Waals surface area contributed by atoms with Crippen LogP contribution in [0.25, 0.3) is 11.4 Å². The van der Waals surface area contributed by atoms with E-state index < -0.39 is 0 Å². The topological polar surface area (TPSA) is 114 Å². The number of nitriles is 1. The van der Waals surface area contributed by atoms with Crippen LogP contribution in [0.15, 0.2) is 36.7 Å². The molecular weight excluding hydrogens is 366 g/mol. The number of nitrogens with two attached hydrogens (primary N) is 1. The smallest absolute Gasteiger partial charge is 0.224 e. The maximum Gasteiger partial charge on any atom is 0.224 e. The summed E-state index contributed by atoms with van der Waals surface area (Å²) in [4.78, 5) is 19.7. The Kier molecular flexibility index (Phi) is 6.32. The Hall–Kier alpha value is -3.57. The van der Waals surface area contributed by atoms with Crippen LogP contribution < -0.4 is 15.4 Å². The Labute approximate surface area is 170 Å². The predicted octanol–water partition coefficient (Wildman–Crippen LogP) is 2.86. The lowest BCUT2D eigenvalue weighted by atomic mass is 10.1. The summed E-state index contributed by atoms with van der Waals surface area (Å²) in [6.45, 7) is 5.19. The molecule has 3 rings (SSSR count). The quantitative estimate of drug-likeness (QED) is 0.656. The highest BCUT2D eigenvalue weighted by atomic mass is 16.5. The zero-order valence-corrected chi connectivity index (χ0v) is 16.8. The minimum atomic E-state index is 0.392. The van der Waals surface area contributed by atoms with Gasteiger partial charge in [-0.2, -0.15) is 10.2 Å².